The van der Waals surface area contributed by atoms with Crippen molar-refractivity contribution in [2.45, 2.75) is 40.5 Å². The summed E-state index contributed by atoms with van der Waals surface area (Å²) >= 11 is 0. The van der Waals surface area contributed by atoms with E-state index >= 15 is 0 Å². The molecule has 0 amide bonds. The first kappa shape index (κ1) is 11.0. The van der Waals surface area contributed by atoms with Gasteiger partial charge in [-0.2, -0.15) is 0 Å². The van der Waals surface area contributed by atoms with Crippen molar-refractivity contribution in [1.29, 1.82) is 0 Å². The van der Waals surface area contributed by atoms with Crippen LogP contribution in [0.25, 0.3) is 0 Å². The molecule has 0 aliphatic carbocycles. The molecule has 1 aliphatic rings. The van der Waals surface area contributed by atoms with Crippen LogP contribution in [0.3, 0.4) is 0 Å². The second kappa shape index (κ2) is 6.66. The molecule has 0 aromatic heterocycles. The lowest BCUT2D eigenvalue weighted by Crippen LogP contribution is -2.21. The molecule has 0 aromatic rings. The Morgan fingerprint density at radius 2 is 1.45 bits per heavy atom. The van der Waals surface area contributed by atoms with Crippen molar-refractivity contribution >= 4 is 0 Å². The van der Waals surface area contributed by atoms with Gasteiger partial charge in [-0.25, -0.2) is 0 Å². The van der Waals surface area contributed by atoms with E-state index in [2.05, 4.69) is 27.7 Å². The van der Waals surface area contributed by atoms with Crippen LogP contribution in [0, 0.1) is 11.8 Å². The first-order valence-electron chi connectivity index (χ1n) is 4.78. The molecule has 2 atom stereocenters. The van der Waals surface area contributed by atoms with Crippen molar-refractivity contribution in [2.75, 3.05) is 13.2 Å². The lowest BCUT2D eigenvalue weighted by atomic mass is 9.96. The molecule has 1 fully saturated rings. The zero-order valence-corrected chi connectivity index (χ0v) is 8.39. The molecule has 1 heteroatoms. The molecule has 68 valence electrons. The Morgan fingerprint density at radius 1 is 1.09 bits per heavy atom. The first-order valence-corrected chi connectivity index (χ1v) is 4.78. The number of ether oxygens (including phenoxy) is 1. The van der Waals surface area contributed by atoms with E-state index in [-0.39, 0.29) is 0 Å². The van der Waals surface area contributed by atoms with E-state index in [1.807, 2.05) is 0 Å². The van der Waals surface area contributed by atoms with Crippen LogP contribution in [0.4, 0.5) is 0 Å². The van der Waals surface area contributed by atoms with Crippen LogP contribution in [0.2, 0.25) is 0 Å². The minimum Gasteiger partial charge on any atom is -0.381 e. The molecular formula is C10H22O. The van der Waals surface area contributed by atoms with Gasteiger partial charge < -0.3 is 4.74 Å². The van der Waals surface area contributed by atoms with Gasteiger partial charge in [0.05, 0.1) is 0 Å². The van der Waals surface area contributed by atoms with Crippen LogP contribution in [-0.4, -0.2) is 13.2 Å². The molecule has 1 saturated heterocycles. The van der Waals surface area contributed by atoms with Gasteiger partial charge in [-0.3, -0.25) is 0 Å². The van der Waals surface area contributed by atoms with Crippen molar-refractivity contribution in [3.8, 4) is 0 Å². The summed E-state index contributed by atoms with van der Waals surface area (Å²) in [5.74, 6) is 1.58. The smallest absolute Gasteiger partial charge is 0.0491 e. The predicted octanol–water partition coefficient (Wildman–Crippen LogP) is 3.10. The first-order chi connectivity index (χ1) is 5.20. The molecule has 0 aromatic carbocycles. The van der Waals surface area contributed by atoms with Crippen LogP contribution in [0.5, 0.6) is 0 Å². The molecule has 1 heterocycles. The zero-order valence-electron chi connectivity index (χ0n) is 8.39. The minimum absolute atomic E-state index is 0.791. The molecule has 1 rings (SSSR count). The average Bonchev–Trinajstić information content (AvgIpc) is 1.88. The number of hydrogen-bond donors (Lipinski definition) is 0. The fourth-order valence-corrected chi connectivity index (χ4v) is 1.29. The maximum atomic E-state index is 5.29. The van der Waals surface area contributed by atoms with E-state index < -0.39 is 0 Å². The normalized spacial score (nSPS) is 30.5. The minimum atomic E-state index is 0.791. The van der Waals surface area contributed by atoms with Gasteiger partial charge in [-0.1, -0.05) is 34.1 Å². The number of hydrogen-bond acceptors (Lipinski definition) is 1. The third kappa shape index (κ3) is 6.36. The highest BCUT2D eigenvalue weighted by Gasteiger charge is 2.14. The lowest BCUT2D eigenvalue weighted by molar-refractivity contribution is 0.0274. The van der Waals surface area contributed by atoms with Crippen molar-refractivity contribution < 1.29 is 4.74 Å². The fourth-order valence-electron chi connectivity index (χ4n) is 1.29. The van der Waals surface area contributed by atoms with Gasteiger partial charge in [0.2, 0.25) is 0 Å². The summed E-state index contributed by atoms with van der Waals surface area (Å²) in [6, 6.07) is 0. The zero-order chi connectivity index (χ0) is 8.69. The summed E-state index contributed by atoms with van der Waals surface area (Å²) in [6.07, 6.45) is 2.60. The van der Waals surface area contributed by atoms with Gasteiger partial charge in [0.1, 0.15) is 0 Å². The Balaban J connectivity index is 0.000000292. The van der Waals surface area contributed by atoms with Crippen LogP contribution in [0.15, 0.2) is 0 Å². The Morgan fingerprint density at radius 3 is 1.64 bits per heavy atom. The molecular weight excluding hydrogens is 136 g/mol. The topological polar surface area (TPSA) is 9.23 Å². The maximum absolute atomic E-state index is 5.29. The molecule has 0 saturated carbocycles. The fraction of sp³-hybridized carbons (Fsp3) is 1.00. The van der Waals surface area contributed by atoms with Gasteiger partial charge in [-0.15, -0.1) is 0 Å². The summed E-state index contributed by atoms with van der Waals surface area (Å²) in [6.45, 7) is 10.7. The van der Waals surface area contributed by atoms with E-state index in [4.69, 9.17) is 4.74 Å². The average molecular weight is 158 g/mol. The predicted molar refractivity (Wildman–Crippen MR) is 49.7 cm³/mol. The Bertz CT molecular complexity index is 72.9. The SMILES string of the molecule is CC1COCC(C)C1.CCC. The Hall–Kier alpha value is -0.0400. The van der Waals surface area contributed by atoms with Gasteiger partial charge >= 0.3 is 0 Å². The largest absolute Gasteiger partial charge is 0.381 e. The van der Waals surface area contributed by atoms with Gasteiger partial charge in [0.25, 0.3) is 0 Å². The van der Waals surface area contributed by atoms with Crippen LogP contribution >= 0.6 is 0 Å². The van der Waals surface area contributed by atoms with Crippen molar-refractivity contribution in [2.24, 2.45) is 11.8 Å². The second-order valence-corrected chi connectivity index (χ2v) is 3.69. The van der Waals surface area contributed by atoms with Crippen molar-refractivity contribution in [3.05, 3.63) is 0 Å². The summed E-state index contributed by atoms with van der Waals surface area (Å²) in [7, 11) is 0. The summed E-state index contributed by atoms with van der Waals surface area (Å²) in [5.41, 5.74) is 0. The third-order valence-corrected chi connectivity index (χ3v) is 1.61. The van der Waals surface area contributed by atoms with E-state index in [0.717, 1.165) is 25.0 Å². The molecule has 0 radical (unpaired) electrons. The summed E-state index contributed by atoms with van der Waals surface area (Å²) in [5, 5.41) is 0. The van der Waals surface area contributed by atoms with Crippen LogP contribution in [0.1, 0.15) is 40.5 Å². The van der Waals surface area contributed by atoms with Crippen molar-refractivity contribution in [1.82, 2.24) is 0 Å². The van der Waals surface area contributed by atoms with Gasteiger partial charge in [-0.05, 0) is 18.3 Å². The van der Waals surface area contributed by atoms with E-state index in [1.165, 1.54) is 12.8 Å². The Kier molecular flexibility index (Phi) is 6.63. The summed E-state index contributed by atoms with van der Waals surface area (Å²) < 4.78 is 5.29. The Labute approximate surface area is 71.1 Å². The van der Waals surface area contributed by atoms with Gasteiger partial charge in [0.15, 0.2) is 0 Å². The summed E-state index contributed by atoms with van der Waals surface area (Å²) in [4.78, 5) is 0. The molecule has 1 aliphatic heterocycles. The highest BCUT2D eigenvalue weighted by molar-refractivity contribution is 4.62. The lowest BCUT2D eigenvalue weighted by Gasteiger charge is -2.23. The van der Waals surface area contributed by atoms with E-state index in [0.29, 0.717) is 0 Å². The van der Waals surface area contributed by atoms with Crippen LogP contribution in [-0.2, 0) is 4.74 Å². The molecule has 0 spiro atoms. The van der Waals surface area contributed by atoms with Crippen molar-refractivity contribution in [3.63, 3.8) is 0 Å². The quantitative estimate of drug-likeness (QED) is 0.526. The van der Waals surface area contributed by atoms with Crippen LogP contribution < -0.4 is 0 Å². The maximum Gasteiger partial charge on any atom is 0.0491 e. The highest BCUT2D eigenvalue weighted by atomic mass is 16.5. The monoisotopic (exact) mass is 158 g/mol. The molecule has 2 unspecified atom stereocenters. The molecule has 0 bridgehead atoms. The van der Waals surface area contributed by atoms with E-state index in [9.17, 15) is 0 Å². The highest BCUT2D eigenvalue weighted by Crippen LogP contribution is 2.17. The van der Waals surface area contributed by atoms with E-state index in [1.54, 1.807) is 0 Å². The van der Waals surface area contributed by atoms with Gasteiger partial charge in [0, 0.05) is 13.2 Å². The third-order valence-electron chi connectivity index (χ3n) is 1.61. The number of rotatable bonds is 0. The molecule has 0 N–H and O–H groups in total. The molecule has 1 nitrogen and oxygen atoms in total. The standard InChI is InChI=1S/C7H14O.C3H8/c1-6-3-7(2)5-8-4-6;1-3-2/h6-7H,3-5H2,1-2H3;3H2,1-2H3. The second-order valence-electron chi connectivity index (χ2n) is 3.69. The molecule has 11 heavy (non-hydrogen) atoms.